The molecule has 0 bridgehead atoms. The van der Waals surface area contributed by atoms with Crippen LogP contribution in [0.25, 0.3) is 0 Å². The van der Waals surface area contributed by atoms with Crippen LogP contribution < -0.4 is 15.4 Å². The van der Waals surface area contributed by atoms with Gasteiger partial charge < -0.3 is 9.80 Å². The van der Waals surface area contributed by atoms with Crippen LogP contribution in [0.3, 0.4) is 0 Å². The summed E-state index contributed by atoms with van der Waals surface area (Å²) >= 11 is 0. The first-order valence-corrected chi connectivity index (χ1v) is 9.56. The van der Waals surface area contributed by atoms with E-state index in [0.29, 0.717) is 5.92 Å². The van der Waals surface area contributed by atoms with Crippen LogP contribution in [0, 0.1) is 5.92 Å². The van der Waals surface area contributed by atoms with Crippen LogP contribution in [-0.2, 0) is 12.0 Å². The molecule has 0 radical (unpaired) electrons. The number of rotatable bonds is 4. The highest BCUT2D eigenvalue weighted by atomic mass is 16.1. The summed E-state index contributed by atoms with van der Waals surface area (Å²) in [6.45, 7) is 8.83. The van der Waals surface area contributed by atoms with Gasteiger partial charge in [0.2, 0.25) is 5.95 Å². The molecule has 3 heterocycles. The first kappa shape index (κ1) is 19.3. The average molecular weight is 371 g/mol. The summed E-state index contributed by atoms with van der Waals surface area (Å²) in [4.78, 5) is 30.1. The first-order chi connectivity index (χ1) is 12.7. The Morgan fingerprint density at radius 1 is 1.19 bits per heavy atom. The van der Waals surface area contributed by atoms with Crippen molar-refractivity contribution in [3.63, 3.8) is 0 Å². The molecule has 1 aliphatic rings. The van der Waals surface area contributed by atoms with Gasteiger partial charge in [0, 0.05) is 51.4 Å². The Hall–Kier alpha value is -2.44. The molecule has 0 amide bonds. The number of hydrogen-bond acceptors (Lipinski definition) is 6. The number of hydrogen-bond donors (Lipinski definition) is 0. The Labute approximate surface area is 161 Å². The smallest absolute Gasteiger partial charge is 0.253 e. The maximum atomic E-state index is 12.4. The number of piperidine rings is 1. The molecule has 0 atom stereocenters. The number of nitrogens with zero attached hydrogens (tertiary/aromatic N) is 6. The van der Waals surface area contributed by atoms with Crippen LogP contribution >= 0.6 is 0 Å². The van der Waals surface area contributed by atoms with E-state index in [4.69, 9.17) is 0 Å². The third kappa shape index (κ3) is 4.64. The fourth-order valence-electron chi connectivity index (χ4n) is 3.33. The predicted molar refractivity (Wildman–Crippen MR) is 108 cm³/mol. The van der Waals surface area contributed by atoms with Crippen molar-refractivity contribution in [2.24, 2.45) is 5.92 Å². The molecule has 1 aliphatic heterocycles. The quantitative estimate of drug-likeness (QED) is 0.823. The zero-order valence-electron chi connectivity index (χ0n) is 17.0. The lowest BCUT2D eigenvalue weighted by molar-refractivity contribution is 0.349. The zero-order valence-corrected chi connectivity index (χ0v) is 17.0. The Kier molecular flexibility index (Phi) is 5.48. The van der Waals surface area contributed by atoms with Crippen LogP contribution in [-0.4, -0.2) is 46.7 Å². The normalized spacial score (nSPS) is 15.8. The van der Waals surface area contributed by atoms with Gasteiger partial charge in [-0.15, -0.1) is 0 Å². The van der Waals surface area contributed by atoms with Crippen molar-refractivity contribution < 1.29 is 0 Å². The van der Waals surface area contributed by atoms with E-state index < -0.39 is 0 Å². The second kappa shape index (κ2) is 7.66. The van der Waals surface area contributed by atoms with Gasteiger partial charge in [0.25, 0.3) is 5.56 Å². The molecule has 7 heteroatoms. The third-order valence-corrected chi connectivity index (χ3v) is 5.07. The minimum atomic E-state index is -0.105. The van der Waals surface area contributed by atoms with Gasteiger partial charge in [-0.2, -0.15) is 4.98 Å². The van der Waals surface area contributed by atoms with Gasteiger partial charge in [-0.25, -0.2) is 9.97 Å². The molecule has 0 aliphatic carbocycles. The van der Waals surface area contributed by atoms with Crippen molar-refractivity contribution in [3.8, 4) is 0 Å². The molecule has 0 aromatic carbocycles. The molecule has 1 fully saturated rings. The molecule has 0 unspecified atom stereocenters. The lowest BCUT2D eigenvalue weighted by atomic mass is 9.92. The minimum absolute atomic E-state index is 0.0452. The molecule has 3 rings (SSSR count). The number of anilines is 2. The van der Waals surface area contributed by atoms with Gasteiger partial charge in [0.1, 0.15) is 5.82 Å². The van der Waals surface area contributed by atoms with Crippen molar-refractivity contribution >= 4 is 11.8 Å². The summed E-state index contributed by atoms with van der Waals surface area (Å²) in [5.74, 6) is 2.18. The highest BCUT2D eigenvalue weighted by molar-refractivity contribution is 5.43. The summed E-state index contributed by atoms with van der Waals surface area (Å²) in [6, 6.07) is 3.64. The second-order valence-corrected chi connectivity index (χ2v) is 8.55. The predicted octanol–water partition coefficient (Wildman–Crippen LogP) is 2.31. The molecular weight excluding hydrogens is 340 g/mol. The van der Waals surface area contributed by atoms with E-state index in [9.17, 15) is 4.79 Å². The fraction of sp³-hybridized carbons (Fsp3) is 0.600. The molecule has 2 aromatic rings. The molecule has 7 nitrogen and oxygen atoms in total. The summed E-state index contributed by atoms with van der Waals surface area (Å²) in [5.41, 5.74) is 0.787. The van der Waals surface area contributed by atoms with Crippen molar-refractivity contribution in [1.29, 1.82) is 0 Å². The Morgan fingerprint density at radius 2 is 1.89 bits per heavy atom. The maximum absolute atomic E-state index is 12.4. The van der Waals surface area contributed by atoms with E-state index in [2.05, 4.69) is 40.6 Å². The minimum Gasteiger partial charge on any atom is -0.356 e. The van der Waals surface area contributed by atoms with E-state index in [0.717, 1.165) is 49.9 Å². The Balaban J connectivity index is 1.62. The standard InChI is InChI=1S/C20H30N6O/c1-20(2,3)16-12-18(27)26(14-22-16)13-15-7-10-25(11-8-15)17-6-9-21-19(23-17)24(4)5/h6,9,12,14-15H,7-8,10-11,13H2,1-5H3. The van der Waals surface area contributed by atoms with E-state index in [1.165, 1.54) is 0 Å². The number of aromatic nitrogens is 4. The summed E-state index contributed by atoms with van der Waals surface area (Å²) < 4.78 is 1.75. The summed E-state index contributed by atoms with van der Waals surface area (Å²) in [7, 11) is 3.89. The van der Waals surface area contributed by atoms with Crippen molar-refractivity contribution in [2.45, 2.75) is 45.6 Å². The lowest BCUT2D eigenvalue weighted by Gasteiger charge is -2.33. The van der Waals surface area contributed by atoms with Crippen LogP contribution in [0.5, 0.6) is 0 Å². The van der Waals surface area contributed by atoms with Crippen molar-refractivity contribution in [2.75, 3.05) is 37.0 Å². The van der Waals surface area contributed by atoms with Crippen LogP contribution in [0.4, 0.5) is 11.8 Å². The summed E-state index contributed by atoms with van der Waals surface area (Å²) in [6.07, 6.45) is 5.60. The molecule has 0 saturated carbocycles. The van der Waals surface area contributed by atoms with Gasteiger partial charge in [0.05, 0.1) is 12.0 Å². The zero-order chi connectivity index (χ0) is 19.6. The molecule has 2 aromatic heterocycles. The summed E-state index contributed by atoms with van der Waals surface area (Å²) in [5, 5.41) is 0. The van der Waals surface area contributed by atoms with E-state index in [1.807, 2.05) is 31.3 Å². The second-order valence-electron chi connectivity index (χ2n) is 8.55. The highest BCUT2D eigenvalue weighted by Crippen LogP contribution is 2.24. The molecule has 0 N–H and O–H groups in total. The molecule has 1 saturated heterocycles. The molecule has 146 valence electrons. The first-order valence-electron chi connectivity index (χ1n) is 9.56. The topological polar surface area (TPSA) is 67.2 Å². The van der Waals surface area contributed by atoms with Crippen molar-refractivity contribution in [3.05, 3.63) is 40.7 Å². The van der Waals surface area contributed by atoms with Gasteiger partial charge in [-0.1, -0.05) is 20.8 Å². The van der Waals surface area contributed by atoms with E-state index >= 15 is 0 Å². The maximum Gasteiger partial charge on any atom is 0.253 e. The molecular formula is C20H30N6O. The van der Waals surface area contributed by atoms with Crippen LogP contribution in [0.15, 0.2) is 29.5 Å². The lowest BCUT2D eigenvalue weighted by Crippen LogP contribution is -2.37. The van der Waals surface area contributed by atoms with Gasteiger partial charge >= 0.3 is 0 Å². The highest BCUT2D eigenvalue weighted by Gasteiger charge is 2.22. The molecule has 27 heavy (non-hydrogen) atoms. The van der Waals surface area contributed by atoms with E-state index in [-0.39, 0.29) is 11.0 Å². The largest absolute Gasteiger partial charge is 0.356 e. The third-order valence-electron chi connectivity index (χ3n) is 5.07. The SMILES string of the molecule is CN(C)c1nccc(N2CCC(Cn3cnc(C(C)(C)C)cc3=O)CC2)n1. The average Bonchev–Trinajstić information content (AvgIpc) is 2.63. The monoisotopic (exact) mass is 370 g/mol. The van der Waals surface area contributed by atoms with Crippen LogP contribution in [0.2, 0.25) is 0 Å². The van der Waals surface area contributed by atoms with Gasteiger partial charge in [0.15, 0.2) is 0 Å². The van der Waals surface area contributed by atoms with E-state index in [1.54, 1.807) is 17.0 Å². The molecule has 0 spiro atoms. The van der Waals surface area contributed by atoms with Gasteiger partial charge in [-0.05, 0) is 24.8 Å². The Bertz CT molecular complexity index is 831. The fourth-order valence-corrected chi connectivity index (χ4v) is 3.33. The van der Waals surface area contributed by atoms with Crippen LogP contribution in [0.1, 0.15) is 39.3 Å². The Morgan fingerprint density at radius 3 is 2.48 bits per heavy atom. The van der Waals surface area contributed by atoms with Crippen molar-refractivity contribution in [1.82, 2.24) is 19.5 Å². The van der Waals surface area contributed by atoms with Gasteiger partial charge in [-0.3, -0.25) is 9.36 Å².